The molecule has 0 unspecified atom stereocenters. The molecule has 0 aliphatic rings. The molecule has 0 radical (unpaired) electrons. The zero-order valence-electron chi connectivity index (χ0n) is 14.5. The van der Waals surface area contributed by atoms with Gasteiger partial charge >= 0.3 is 6.18 Å². The Hall–Kier alpha value is -2.29. The van der Waals surface area contributed by atoms with E-state index in [4.69, 9.17) is 23.2 Å². The monoisotopic (exact) mass is 457 g/mol. The lowest BCUT2D eigenvalue weighted by Gasteiger charge is -2.17. The number of thioether (sulfide) groups is 1. The van der Waals surface area contributed by atoms with Crippen LogP contribution in [0, 0.1) is 0 Å². The van der Waals surface area contributed by atoms with Crippen LogP contribution in [-0.4, -0.2) is 16.1 Å². The lowest BCUT2D eigenvalue weighted by atomic mass is 10.1. The molecule has 1 aromatic heterocycles. The second-order valence-electron chi connectivity index (χ2n) is 5.78. The Kier molecular flexibility index (Phi) is 6.66. The van der Waals surface area contributed by atoms with Crippen LogP contribution in [-0.2, 0) is 11.0 Å². The van der Waals surface area contributed by atoms with E-state index in [0.717, 1.165) is 23.9 Å². The number of benzene rings is 2. The third-order valence-corrected chi connectivity index (χ3v) is 5.44. The van der Waals surface area contributed by atoms with E-state index in [1.807, 2.05) is 0 Å². The van der Waals surface area contributed by atoms with Crippen LogP contribution in [0.2, 0.25) is 10.2 Å². The SMILES string of the molecule is O=C(Nc1ccc(Cl)c(C(F)(F)F)c1)[C@H](Sc1ccc(Cl)nn1)c1ccccc1. The molecule has 4 nitrogen and oxygen atoms in total. The maximum atomic E-state index is 13.1. The van der Waals surface area contributed by atoms with Crippen LogP contribution >= 0.6 is 35.0 Å². The summed E-state index contributed by atoms with van der Waals surface area (Å²) in [5.74, 6) is -0.520. The number of amides is 1. The highest BCUT2D eigenvalue weighted by atomic mass is 35.5. The van der Waals surface area contributed by atoms with E-state index in [0.29, 0.717) is 10.6 Å². The van der Waals surface area contributed by atoms with Crippen LogP contribution in [0.1, 0.15) is 16.4 Å². The minimum atomic E-state index is -4.63. The smallest absolute Gasteiger partial charge is 0.325 e. The first-order valence-corrected chi connectivity index (χ1v) is 9.76. The van der Waals surface area contributed by atoms with Crippen molar-refractivity contribution in [3.05, 3.63) is 82.0 Å². The van der Waals surface area contributed by atoms with E-state index in [9.17, 15) is 18.0 Å². The van der Waals surface area contributed by atoms with Crippen LogP contribution in [0.15, 0.2) is 65.7 Å². The first-order valence-electron chi connectivity index (χ1n) is 8.12. The molecule has 0 bridgehead atoms. The Morgan fingerprint density at radius 3 is 2.34 bits per heavy atom. The van der Waals surface area contributed by atoms with Crippen molar-refractivity contribution >= 4 is 46.6 Å². The Balaban J connectivity index is 1.88. The van der Waals surface area contributed by atoms with Gasteiger partial charge in [-0.05, 0) is 35.9 Å². The summed E-state index contributed by atoms with van der Waals surface area (Å²) in [6.45, 7) is 0. The molecule has 10 heteroatoms. The van der Waals surface area contributed by atoms with Crippen molar-refractivity contribution in [3.63, 3.8) is 0 Å². The molecule has 0 aliphatic heterocycles. The molecule has 0 saturated carbocycles. The number of halogens is 5. The first kappa shape index (κ1) is 21.4. The molecule has 1 N–H and O–H groups in total. The van der Waals surface area contributed by atoms with Gasteiger partial charge in [-0.25, -0.2) is 0 Å². The third kappa shape index (κ3) is 5.62. The molecule has 1 amide bonds. The maximum Gasteiger partial charge on any atom is 0.417 e. The number of rotatable bonds is 5. The molecule has 0 spiro atoms. The topological polar surface area (TPSA) is 54.9 Å². The Labute approximate surface area is 178 Å². The van der Waals surface area contributed by atoms with Gasteiger partial charge in [-0.2, -0.15) is 13.2 Å². The van der Waals surface area contributed by atoms with Crippen LogP contribution in [0.3, 0.4) is 0 Å². The molecule has 3 aromatic rings. The first-order chi connectivity index (χ1) is 13.7. The average Bonchev–Trinajstić information content (AvgIpc) is 2.68. The molecule has 2 aromatic carbocycles. The fourth-order valence-corrected chi connectivity index (χ4v) is 3.68. The Bertz CT molecular complexity index is 1000. The molecule has 0 saturated heterocycles. The van der Waals surface area contributed by atoms with E-state index >= 15 is 0 Å². The zero-order chi connectivity index (χ0) is 21.0. The number of carbonyl (C=O) groups excluding carboxylic acids is 1. The number of carbonyl (C=O) groups is 1. The Morgan fingerprint density at radius 1 is 1.00 bits per heavy atom. The molecular formula is C19H12Cl2F3N3OS. The van der Waals surface area contributed by atoms with Gasteiger partial charge in [0, 0.05) is 5.69 Å². The van der Waals surface area contributed by atoms with E-state index in [-0.39, 0.29) is 10.8 Å². The van der Waals surface area contributed by atoms with Gasteiger partial charge in [-0.15, -0.1) is 10.2 Å². The van der Waals surface area contributed by atoms with Crippen molar-refractivity contribution in [2.45, 2.75) is 16.5 Å². The van der Waals surface area contributed by atoms with Crippen molar-refractivity contribution in [1.82, 2.24) is 10.2 Å². The standard InChI is InChI=1S/C19H12Cl2F3N3OS/c20-14-7-6-12(10-13(14)19(22,23)24)25-18(28)17(11-4-2-1-3-5-11)29-16-9-8-15(21)26-27-16/h1-10,17H,(H,25,28)/t17-/m1/s1. The van der Waals surface area contributed by atoms with Gasteiger partial charge in [-0.3, -0.25) is 4.79 Å². The maximum absolute atomic E-state index is 13.1. The number of hydrogen-bond donors (Lipinski definition) is 1. The predicted octanol–water partition coefficient (Wildman–Crippen LogP) is 6.27. The number of anilines is 1. The number of aromatic nitrogens is 2. The molecule has 29 heavy (non-hydrogen) atoms. The highest BCUT2D eigenvalue weighted by Gasteiger charge is 2.33. The Morgan fingerprint density at radius 2 is 1.72 bits per heavy atom. The summed E-state index contributed by atoms with van der Waals surface area (Å²) in [5, 5.41) is 9.60. The molecule has 0 fully saturated rings. The van der Waals surface area contributed by atoms with E-state index in [2.05, 4.69) is 15.5 Å². The van der Waals surface area contributed by atoms with Gasteiger partial charge in [0.25, 0.3) is 0 Å². The van der Waals surface area contributed by atoms with E-state index in [1.54, 1.807) is 36.4 Å². The van der Waals surface area contributed by atoms with Gasteiger partial charge in [0.1, 0.15) is 10.3 Å². The lowest BCUT2D eigenvalue weighted by molar-refractivity contribution is -0.137. The van der Waals surface area contributed by atoms with E-state index in [1.165, 1.54) is 12.1 Å². The summed E-state index contributed by atoms with van der Waals surface area (Å²) < 4.78 is 39.2. The van der Waals surface area contributed by atoms with Crippen molar-refractivity contribution < 1.29 is 18.0 Å². The molecule has 1 heterocycles. The summed E-state index contributed by atoms with van der Waals surface area (Å²) in [6.07, 6.45) is -4.63. The summed E-state index contributed by atoms with van der Waals surface area (Å²) in [4.78, 5) is 12.9. The van der Waals surface area contributed by atoms with Gasteiger partial charge in [0.15, 0.2) is 5.15 Å². The van der Waals surface area contributed by atoms with Crippen molar-refractivity contribution in [2.24, 2.45) is 0 Å². The molecule has 0 aliphatic carbocycles. The number of nitrogens with one attached hydrogen (secondary N) is 1. The van der Waals surface area contributed by atoms with Gasteiger partial charge in [-0.1, -0.05) is 65.3 Å². The summed E-state index contributed by atoms with van der Waals surface area (Å²) >= 11 is 12.5. The summed E-state index contributed by atoms with van der Waals surface area (Å²) in [6, 6.07) is 15.1. The van der Waals surface area contributed by atoms with Crippen molar-refractivity contribution in [3.8, 4) is 0 Å². The summed E-state index contributed by atoms with van der Waals surface area (Å²) in [7, 11) is 0. The van der Waals surface area contributed by atoms with Crippen LogP contribution in [0.25, 0.3) is 0 Å². The minimum absolute atomic E-state index is 0.0181. The van der Waals surface area contributed by atoms with Crippen LogP contribution in [0.5, 0.6) is 0 Å². The van der Waals surface area contributed by atoms with E-state index < -0.39 is 27.9 Å². The van der Waals surface area contributed by atoms with Crippen LogP contribution < -0.4 is 5.32 Å². The van der Waals surface area contributed by atoms with Gasteiger partial charge < -0.3 is 5.32 Å². The second-order valence-corrected chi connectivity index (χ2v) is 7.70. The lowest BCUT2D eigenvalue weighted by Crippen LogP contribution is -2.19. The number of nitrogens with zero attached hydrogens (tertiary/aromatic N) is 2. The molecule has 3 rings (SSSR count). The molecule has 150 valence electrons. The van der Waals surface area contributed by atoms with Crippen molar-refractivity contribution in [1.29, 1.82) is 0 Å². The average molecular weight is 458 g/mol. The largest absolute Gasteiger partial charge is 0.417 e. The summed E-state index contributed by atoms with van der Waals surface area (Å²) in [5.41, 5.74) is -0.392. The fraction of sp³-hybridized carbons (Fsp3) is 0.105. The third-order valence-electron chi connectivity index (χ3n) is 3.73. The minimum Gasteiger partial charge on any atom is -0.325 e. The highest BCUT2D eigenvalue weighted by molar-refractivity contribution is 8.00. The van der Waals surface area contributed by atoms with Gasteiger partial charge in [0.2, 0.25) is 5.91 Å². The fourth-order valence-electron chi connectivity index (χ4n) is 2.42. The zero-order valence-corrected chi connectivity index (χ0v) is 16.8. The quantitative estimate of drug-likeness (QED) is 0.458. The molecular weight excluding hydrogens is 446 g/mol. The predicted molar refractivity (Wildman–Crippen MR) is 107 cm³/mol. The van der Waals surface area contributed by atoms with Crippen LogP contribution in [0.4, 0.5) is 18.9 Å². The number of hydrogen-bond acceptors (Lipinski definition) is 4. The highest BCUT2D eigenvalue weighted by Crippen LogP contribution is 2.38. The number of alkyl halides is 3. The van der Waals surface area contributed by atoms with Crippen molar-refractivity contribution in [2.75, 3.05) is 5.32 Å². The molecule has 1 atom stereocenters. The normalized spacial score (nSPS) is 12.4. The second kappa shape index (κ2) is 9.02. The van der Waals surface area contributed by atoms with Gasteiger partial charge in [0.05, 0.1) is 10.6 Å².